The van der Waals surface area contributed by atoms with Crippen molar-refractivity contribution >= 4 is 0 Å². The zero-order chi connectivity index (χ0) is 15.4. The number of hydrogen-bond donors (Lipinski definition) is 1. The van der Waals surface area contributed by atoms with Gasteiger partial charge in [-0.05, 0) is 49.1 Å². The van der Waals surface area contributed by atoms with Gasteiger partial charge in [-0.15, -0.1) is 0 Å². The average Bonchev–Trinajstić information content (AvgIpc) is 2.90. The Balaban J connectivity index is 2.18. The van der Waals surface area contributed by atoms with Crippen LogP contribution in [0.5, 0.6) is 5.75 Å². The van der Waals surface area contributed by atoms with Crippen LogP contribution in [0.3, 0.4) is 0 Å². The molecule has 1 heterocycles. The summed E-state index contributed by atoms with van der Waals surface area (Å²) < 4.78 is 11.8. The topological polar surface area (TPSA) is 48.4 Å². The zero-order valence-corrected chi connectivity index (χ0v) is 13.3. The smallest absolute Gasteiger partial charge is 0.171 e. The first-order valence-corrected chi connectivity index (χ1v) is 7.59. The minimum atomic E-state index is -0.256. The summed E-state index contributed by atoms with van der Waals surface area (Å²) >= 11 is 0. The lowest BCUT2D eigenvalue weighted by Crippen LogP contribution is -2.31. The third-order valence-corrected chi connectivity index (χ3v) is 3.71. The zero-order valence-electron chi connectivity index (χ0n) is 13.3. The Bertz CT molecular complexity index is 557. The largest absolute Gasteiger partial charge is 0.481 e. The minimum Gasteiger partial charge on any atom is -0.481 e. The molecular weight excluding hydrogens is 262 g/mol. The van der Waals surface area contributed by atoms with Gasteiger partial charge in [0.25, 0.3) is 0 Å². The maximum atomic E-state index is 6.20. The standard InChI is InChI=1S/C18H25NO2/c1-5-16(19)18(17-11-6-13(4)20-17)21-15-9-7-14(8-10-15)12(2)3/h6-12,16,18H,5,19H2,1-4H3. The summed E-state index contributed by atoms with van der Waals surface area (Å²) in [6.07, 6.45) is 0.572. The Labute approximate surface area is 127 Å². The summed E-state index contributed by atoms with van der Waals surface area (Å²) in [7, 11) is 0. The maximum absolute atomic E-state index is 6.20. The second-order valence-electron chi connectivity index (χ2n) is 5.78. The van der Waals surface area contributed by atoms with Gasteiger partial charge in [-0.2, -0.15) is 0 Å². The van der Waals surface area contributed by atoms with E-state index in [0.717, 1.165) is 23.7 Å². The summed E-state index contributed by atoms with van der Waals surface area (Å²) in [6.45, 7) is 8.34. The molecule has 0 saturated heterocycles. The monoisotopic (exact) mass is 287 g/mol. The van der Waals surface area contributed by atoms with Crippen molar-refractivity contribution in [1.29, 1.82) is 0 Å². The van der Waals surface area contributed by atoms with Crippen LogP contribution >= 0.6 is 0 Å². The fourth-order valence-corrected chi connectivity index (χ4v) is 2.25. The molecule has 0 amide bonds. The molecule has 3 nitrogen and oxygen atoms in total. The van der Waals surface area contributed by atoms with Gasteiger partial charge in [0.1, 0.15) is 17.3 Å². The first-order chi connectivity index (χ1) is 10.0. The van der Waals surface area contributed by atoms with Crippen molar-refractivity contribution < 1.29 is 9.15 Å². The van der Waals surface area contributed by atoms with Crippen molar-refractivity contribution in [2.75, 3.05) is 0 Å². The molecular formula is C18H25NO2. The summed E-state index contributed by atoms with van der Waals surface area (Å²) in [5.74, 6) is 3.00. The van der Waals surface area contributed by atoms with E-state index in [2.05, 4.69) is 32.9 Å². The van der Waals surface area contributed by atoms with Gasteiger partial charge < -0.3 is 14.9 Å². The molecule has 0 radical (unpaired) electrons. The van der Waals surface area contributed by atoms with Crippen LogP contribution < -0.4 is 10.5 Å². The Morgan fingerprint density at radius 3 is 2.24 bits per heavy atom. The number of aryl methyl sites for hydroxylation is 1. The minimum absolute atomic E-state index is 0.0969. The highest BCUT2D eigenvalue weighted by atomic mass is 16.5. The van der Waals surface area contributed by atoms with Crippen LogP contribution in [0, 0.1) is 6.92 Å². The second kappa shape index (κ2) is 6.81. The van der Waals surface area contributed by atoms with Crippen molar-refractivity contribution in [3.05, 3.63) is 53.5 Å². The molecule has 0 saturated carbocycles. The van der Waals surface area contributed by atoms with Gasteiger partial charge in [0, 0.05) is 6.04 Å². The highest BCUT2D eigenvalue weighted by molar-refractivity contribution is 5.29. The number of ether oxygens (including phenoxy) is 1. The van der Waals surface area contributed by atoms with E-state index in [1.807, 2.05) is 31.2 Å². The molecule has 2 rings (SSSR count). The Morgan fingerprint density at radius 2 is 1.76 bits per heavy atom. The molecule has 3 heteroatoms. The van der Waals surface area contributed by atoms with E-state index in [-0.39, 0.29) is 12.1 Å². The molecule has 21 heavy (non-hydrogen) atoms. The SMILES string of the molecule is CCC(N)C(Oc1ccc(C(C)C)cc1)c1ccc(C)o1. The summed E-state index contributed by atoms with van der Waals surface area (Å²) in [4.78, 5) is 0. The van der Waals surface area contributed by atoms with Gasteiger partial charge in [-0.3, -0.25) is 0 Å². The molecule has 2 atom stereocenters. The lowest BCUT2D eigenvalue weighted by Gasteiger charge is -2.22. The highest BCUT2D eigenvalue weighted by Gasteiger charge is 2.23. The van der Waals surface area contributed by atoms with Gasteiger partial charge in [0.15, 0.2) is 6.10 Å². The number of rotatable bonds is 6. The van der Waals surface area contributed by atoms with Crippen molar-refractivity contribution in [3.63, 3.8) is 0 Å². The third kappa shape index (κ3) is 3.88. The fraction of sp³-hybridized carbons (Fsp3) is 0.444. The lowest BCUT2D eigenvalue weighted by molar-refractivity contribution is 0.143. The van der Waals surface area contributed by atoms with E-state index < -0.39 is 0 Å². The normalized spacial score (nSPS) is 14.2. The van der Waals surface area contributed by atoms with Crippen LogP contribution in [-0.2, 0) is 0 Å². The molecule has 0 fully saturated rings. The molecule has 114 valence electrons. The van der Waals surface area contributed by atoms with Crippen LogP contribution in [0.1, 0.15) is 56.3 Å². The van der Waals surface area contributed by atoms with E-state index in [0.29, 0.717) is 5.92 Å². The molecule has 1 aromatic heterocycles. The van der Waals surface area contributed by atoms with Gasteiger partial charge >= 0.3 is 0 Å². The molecule has 0 aliphatic heterocycles. The first kappa shape index (κ1) is 15.6. The van der Waals surface area contributed by atoms with Crippen molar-refractivity contribution in [2.45, 2.75) is 52.2 Å². The summed E-state index contributed by atoms with van der Waals surface area (Å²) in [6, 6.07) is 12.0. The molecule has 0 aliphatic rings. The van der Waals surface area contributed by atoms with E-state index in [1.54, 1.807) is 0 Å². The Hall–Kier alpha value is -1.74. The van der Waals surface area contributed by atoms with Crippen molar-refractivity contribution in [2.24, 2.45) is 5.73 Å². The predicted molar refractivity (Wildman–Crippen MR) is 85.6 cm³/mol. The summed E-state index contributed by atoms with van der Waals surface area (Å²) in [5.41, 5.74) is 7.50. The van der Waals surface area contributed by atoms with Crippen LogP contribution in [0.2, 0.25) is 0 Å². The van der Waals surface area contributed by atoms with Gasteiger partial charge in [0.2, 0.25) is 0 Å². The maximum Gasteiger partial charge on any atom is 0.171 e. The molecule has 0 spiro atoms. The molecule has 2 N–H and O–H groups in total. The van der Waals surface area contributed by atoms with Gasteiger partial charge in [-0.1, -0.05) is 32.9 Å². The van der Waals surface area contributed by atoms with Crippen LogP contribution in [0.15, 0.2) is 40.8 Å². The second-order valence-corrected chi connectivity index (χ2v) is 5.78. The van der Waals surface area contributed by atoms with Crippen LogP contribution in [-0.4, -0.2) is 6.04 Å². The third-order valence-electron chi connectivity index (χ3n) is 3.71. The van der Waals surface area contributed by atoms with E-state index in [1.165, 1.54) is 5.56 Å². The van der Waals surface area contributed by atoms with Crippen molar-refractivity contribution in [1.82, 2.24) is 0 Å². The Kier molecular flexibility index (Phi) is 5.07. The van der Waals surface area contributed by atoms with Crippen molar-refractivity contribution in [3.8, 4) is 5.75 Å². The van der Waals surface area contributed by atoms with Gasteiger partial charge in [0.05, 0.1) is 0 Å². The van der Waals surface area contributed by atoms with E-state index in [4.69, 9.17) is 14.9 Å². The molecule has 1 aromatic carbocycles. The number of nitrogens with two attached hydrogens (primary N) is 1. The number of furan rings is 1. The Morgan fingerprint density at radius 1 is 1.10 bits per heavy atom. The number of hydrogen-bond acceptors (Lipinski definition) is 3. The van der Waals surface area contributed by atoms with E-state index in [9.17, 15) is 0 Å². The molecule has 0 bridgehead atoms. The molecule has 2 unspecified atom stereocenters. The molecule has 2 aromatic rings. The lowest BCUT2D eigenvalue weighted by atomic mass is 10.0. The quantitative estimate of drug-likeness (QED) is 0.846. The fourth-order valence-electron chi connectivity index (χ4n) is 2.25. The summed E-state index contributed by atoms with van der Waals surface area (Å²) in [5, 5.41) is 0. The van der Waals surface area contributed by atoms with Crippen LogP contribution in [0.25, 0.3) is 0 Å². The van der Waals surface area contributed by atoms with Crippen LogP contribution in [0.4, 0.5) is 0 Å². The average molecular weight is 287 g/mol. The number of benzene rings is 1. The van der Waals surface area contributed by atoms with E-state index >= 15 is 0 Å². The predicted octanol–water partition coefficient (Wildman–Crippen LogP) is 4.57. The highest BCUT2D eigenvalue weighted by Crippen LogP contribution is 2.28. The first-order valence-electron chi connectivity index (χ1n) is 7.59. The molecule has 0 aliphatic carbocycles. The van der Waals surface area contributed by atoms with Gasteiger partial charge in [-0.25, -0.2) is 0 Å².